The molecule has 13 atom stereocenters. The Hall–Kier alpha value is -1.73. The molecule has 0 bridgehead atoms. The SMILES string of the molecule is COC(=O)C1=COC(OC2OC(COC3OC(CO)C(O)C(O)C3O)C(O)C(O)C2O)C2C(CO)=CCC12. The van der Waals surface area contributed by atoms with E-state index in [1.54, 1.807) is 6.08 Å². The summed E-state index contributed by atoms with van der Waals surface area (Å²) < 4.78 is 32.5. The summed E-state index contributed by atoms with van der Waals surface area (Å²) in [5, 5.41) is 80.5. The molecule has 0 aromatic rings. The number of aliphatic hydroxyl groups excluding tert-OH is 8. The molecule has 2 fully saturated rings. The molecular weight excluding hydrogens is 516 g/mol. The van der Waals surface area contributed by atoms with Crippen molar-refractivity contribution in [2.75, 3.05) is 26.9 Å². The lowest BCUT2D eigenvalue weighted by Crippen LogP contribution is -2.62. The van der Waals surface area contributed by atoms with E-state index in [1.807, 2.05) is 0 Å². The van der Waals surface area contributed by atoms with Crippen LogP contribution >= 0.6 is 0 Å². The summed E-state index contributed by atoms with van der Waals surface area (Å²) in [5.74, 6) is -1.68. The first-order valence-electron chi connectivity index (χ1n) is 12.1. The van der Waals surface area contributed by atoms with Crippen molar-refractivity contribution in [1.29, 1.82) is 0 Å². The second-order valence-corrected chi connectivity index (χ2v) is 9.56. The van der Waals surface area contributed by atoms with Crippen molar-refractivity contribution in [3.63, 3.8) is 0 Å². The number of rotatable bonds is 8. The molecule has 4 aliphatic rings. The summed E-state index contributed by atoms with van der Waals surface area (Å²) in [7, 11) is 1.22. The van der Waals surface area contributed by atoms with Crippen molar-refractivity contribution in [2.45, 2.75) is 74.1 Å². The molecule has 38 heavy (non-hydrogen) atoms. The van der Waals surface area contributed by atoms with Crippen molar-refractivity contribution in [3.05, 3.63) is 23.5 Å². The van der Waals surface area contributed by atoms with Gasteiger partial charge in [0.15, 0.2) is 12.6 Å². The highest BCUT2D eigenvalue weighted by atomic mass is 16.8. The minimum atomic E-state index is -1.76. The van der Waals surface area contributed by atoms with Gasteiger partial charge in [0.05, 0.1) is 44.7 Å². The molecular formula is C23H34O15. The predicted octanol–water partition coefficient (Wildman–Crippen LogP) is -4.40. The molecule has 4 rings (SSSR count). The van der Waals surface area contributed by atoms with Crippen LogP contribution in [0.5, 0.6) is 0 Å². The van der Waals surface area contributed by atoms with Crippen molar-refractivity contribution >= 4 is 5.97 Å². The minimum Gasteiger partial charge on any atom is -0.471 e. The molecule has 3 heterocycles. The van der Waals surface area contributed by atoms with Crippen LogP contribution in [-0.4, -0.2) is 141 Å². The van der Waals surface area contributed by atoms with E-state index in [0.717, 1.165) is 0 Å². The van der Waals surface area contributed by atoms with Crippen LogP contribution < -0.4 is 0 Å². The van der Waals surface area contributed by atoms with Gasteiger partial charge in [-0.25, -0.2) is 4.79 Å². The largest absolute Gasteiger partial charge is 0.471 e. The first-order chi connectivity index (χ1) is 18.1. The maximum atomic E-state index is 12.2. The minimum absolute atomic E-state index is 0.239. The van der Waals surface area contributed by atoms with E-state index in [0.29, 0.717) is 12.0 Å². The van der Waals surface area contributed by atoms with Gasteiger partial charge in [0.25, 0.3) is 0 Å². The highest BCUT2D eigenvalue weighted by Crippen LogP contribution is 2.44. The molecule has 3 aliphatic heterocycles. The summed E-state index contributed by atoms with van der Waals surface area (Å²) in [6.07, 6.45) is -13.6. The number of hydrogen-bond donors (Lipinski definition) is 8. The zero-order valence-corrected chi connectivity index (χ0v) is 20.4. The average Bonchev–Trinajstić information content (AvgIpc) is 3.36. The highest BCUT2D eigenvalue weighted by molar-refractivity contribution is 5.89. The van der Waals surface area contributed by atoms with Gasteiger partial charge in [-0.3, -0.25) is 0 Å². The van der Waals surface area contributed by atoms with Crippen LogP contribution in [0.2, 0.25) is 0 Å². The zero-order valence-electron chi connectivity index (χ0n) is 20.4. The van der Waals surface area contributed by atoms with E-state index in [-0.39, 0.29) is 12.2 Å². The summed E-state index contributed by atoms with van der Waals surface area (Å²) in [6.45, 7) is -1.54. The zero-order chi connectivity index (χ0) is 27.7. The van der Waals surface area contributed by atoms with Gasteiger partial charge < -0.3 is 69.3 Å². The first kappa shape index (κ1) is 29.3. The maximum Gasteiger partial charge on any atom is 0.337 e. The van der Waals surface area contributed by atoms with E-state index in [9.17, 15) is 45.6 Å². The number of hydrogen-bond acceptors (Lipinski definition) is 15. The molecule has 15 nitrogen and oxygen atoms in total. The third-order valence-electron chi connectivity index (χ3n) is 7.33. The van der Waals surface area contributed by atoms with Gasteiger partial charge in [-0.05, 0) is 12.0 Å². The number of esters is 1. The molecule has 13 unspecified atom stereocenters. The molecule has 0 saturated carbocycles. The van der Waals surface area contributed by atoms with E-state index >= 15 is 0 Å². The number of carbonyl (C=O) groups excluding carboxylic acids is 1. The molecule has 0 amide bonds. The van der Waals surface area contributed by atoms with Gasteiger partial charge in [-0.2, -0.15) is 0 Å². The van der Waals surface area contributed by atoms with Gasteiger partial charge in [0.1, 0.15) is 48.8 Å². The Balaban J connectivity index is 1.45. The smallest absolute Gasteiger partial charge is 0.337 e. The van der Waals surface area contributed by atoms with Crippen molar-refractivity contribution in [3.8, 4) is 0 Å². The summed E-state index contributed by atoms with van der Waals surface area (Å²) in [4.78, 5) is 12.2. The fraction of sp³-hybridized carbons (Fsp3) is 0.783. The Morgan fingerprint density at radius 1 is 0.895 bits per heavy atom. The summed E-state index contributed by atoms with van der Waals surface area (Å²) >= 11 is 0. The lowest BCUT2D eigenvalue weighted by molar-refractivity contribution is -0.352. The molecule has 0 aromatic carbocycles. The maximum absolute atomic E-state index is 12.2. The van der Waals surface area contributed by atoms with E-state index in [2.05, 4.69) is 0 Å². The molecule has 2 saturated heterocycles. The van der Waals surface area contributed by atoms with Crippen LogP contribution in [-0.2, 0) is 33.2 Å². The molecule has 0 spiro atoms. The van der Waals surface area contributed by atoms with Gasteiger partial charge in [-0.15, -0.1) is 0 Å². The van der Waals surface area contributed by atoms with Crippen LogP contribution in [0.1, 0.15) is 6.42 Å². The number of aliphatic hydroxyl groups is 8. The van der Waals surface area contributed by atoms with Crippen LogP contribution in [0.25, 0.3) is 0 Å². The number of allylic oxidation sites excluding steroid dienone is 1. The van der Waals surface area contributed by atoms with Crippen molar-refractivity contribution < 1.29 is 74.1 Å². The quantitative estimate of drug-likeness (QED) is 0.105. The van der Waals surface area contributed by atoms with Crippen molar-refractivity contribution in [1.82, 2.24) is 0 Å². The van der Waals surface area contributed by atoms with Crippen LogP contribution in [0.3, 0.4) is 0 Å². The number of ether oxygens (including phenoxy) is 6. The van der Waals surface area contributed by atoms with E-state index in [4.69, 9.17) is 28.4 Å². The predicted molar refractivity (Wildman–Crippen MR) is 119 cm³/mol. The topological polar surface area (TPSA) is 234 Å². The highest BCUT2D eigenvalue weighted by Gasteiger charge is 2.51. The van der Waals surface area contributed by atoms with E-state index in [1.165, 1.54) is 13.4 Å². The Kier molecular flexibility index (Phi) is 9.39. The third-order valence-corrected chi connectivity index (χ3v) is 7.33. The molecule has 0 aromatic heterocycles. The number of fused-ring (bicyclic) bond motifs is 1. The Morgan fingerprint density at radius 3 is 2.16 bits per heavy atom. The van der Waals surface area contributed by atoms with Crippen LogP contribution in [0.15, 0.2) is 23.5 Å². The van der Waals surface area contributed by atoms with Crippen molar-refractivity contribution in [2.24, 2.45) is 11.8 Å². The summed E-state index contributed by atoms with van der Waals surface area (Å²) in [5.41, 5.74) is 0.770. The Bertz CT molecular complexity index is 892. The lowest BCUT2D eigenvalue weighted by Gasteiger charge is -2.44. The second-order valence-electron chi connectivity index (χ2n) is 9.56. The Morgan fingerprint density at radius 2 is 1.53 bits per heavy atom. The fourth-order valence-electron chi connectivity index (χ4n) is 5.11. The van der Waals surface area contributed by atoms with E-state index < -0.39 is 98.7 Å². The standard InChI is InChI=1S/C23H34O15/c1-33-20(32)10-6-34-21(13-8(4-24)2-3-9(10)13)38-23-19(31)17(29)15(27)12(37-23)7-35-22-18(30)16(28)14(26)11(5-25)36-22/h2,6,9,11-19,21-31H,3-5,7H2,1H3. The van der Waals surface area contributed by atoms with Gasteiger partial charge in [0.2, 0.25) is 6.29 Å². The van der Waals surface area contributed by atoms with Gasteiger partial charge in [0, 0.05) is 5.92 Å². The molecule has 1 aliphatic carbocycles. The third kappa shape index (κ3) is 5.47. The van der Waals surface area contributed by atoms with Gasteiger partial charge in [-0.1, -0.05) is 6.08 Å². The second kappa shape index (κ2) is 12.2. The molecule has 0 radical (unpaired) electrons. The summed E-state index contributed by atoms with van der Waals surface area (Å²) in [6, 6.07) is 0. The number of methoxy groups -OCH3 is 1. The normalized spacial score (nSPS) is 45.0. The van der Waals surface area contributed by atoms with Crippen LogP contribution in [0, 0.1) is 11.8 Å². The van der Waals surface area contributed by atoms with Crippen LogP contribution in [0.4, 0.5) is 0 Å². The molecule has 15 heteroatoms. The fourth-order valence-corrected chi connectivity index (χ4v) is 5.11. The first-order valence-corrected chi connectivity index (χ1v) is 12.1. The average molecular weight is 551 g/mol. The monoisotopic (exact) mass is 550 g/mol. The molecule has 8 N–H and O–H groups in total. The molecule has 216 valence electrons. The Labute approximate surface area is 217 Å². The lowest BCUT2D eigenvalue weighted by atomic mass is 9.83. The van der Waals surface area contributed by atoms with Gasteiger partial charge >= 0.3 is 5.97 Å². The number of carbonyl (C=O) groups is 1.